The van der Waals surface area contributed by atoms with Crippen LogP contribution in [-0.2, 0) is 4.79 Å². The normalized spacial score (nSPS) is 13.2. The van der Waals surface area contributed by atoms with Crippen molar-refractivity contribution in [2.24, 2.45) is 5.73 Å². The molecule has 0 fully saturated rings. The summed E-state index contributed by atoms with van der Waals surface area (Å²) >= 11 is 0. The van der Waals surface area contributed by atoms with Crippen LogP contribution in [0, 0.1) is 6.92 Å². The number of nitrogens with two attached hydrogens (primary N) is 1. The molecular weight excluding hydrogens is 258 g/mol. The van der Waals surface area contributed by atoms with Crippen LogP contribution in [0.15, 0.2) is 18.2 Å². The number of benzene rings is 1. The Balaban J connectivity index is 2.82. The highest BCUT2D eigenvalue weighted by molar-refractivity contribution is 5.96. The smallest absolute Gasteiger partial charge is 0.321 e. The Hall–Kier alpha value is -2.08. The predicted molar refractivity (Wildman–Crippen MR) is 76.5 cm³/mol. The summed E-state index contributed by atoms with van der Waals surface area (Å²) in [6, 6.07) is 4.80. The molecule has 20 heavy (non-hydrogen) atoms. The van der Waals surface area contributed by atoms with Gasteiger partial charge in [-0.15, -0.1) is 0 Å². The Morgan fingerprint density at radius 2 is 1.95 bits per heavy atom. The van der Waals surface area contributed by atoms with Crippen LogP contribution >= 0.6 is 0 Å². The van der Waals surface area contributed by atoms with Crippen molar-refractivity contribution in [2.45, 2.75) is 32.9 Å². The molecule has 0 saturated heterocycles. The zero-order valence-electron chi connectivity index (χ0n) is 12.2. The monoisotopic (exact) mass is 279 g/mol. The van der Waals surface area contributed by atoms with Gasteiger partial charge in [0.1, 0.15) is 5.75 Å². The maximum absolute atomic E-state index is 11.7. The van der Waals surface area contributed by atoms with Gasteiger partial charge in [0.25, 0.3) is 5.91 Å². The van der Waals surface area contributed by atoms with Crippen LogP contribution in [0.25, 0.3) is 0 Å². The minimum absolute atomic E-state index is 0.209. The molecule has 2 atom stereocenters. The number of aryl methyl sites for hydroxylation is 1. The number of carbonyl (C=O) groups is 2. The van der Waals surface area contributed by atoms with Crippen LogP contribution in [0.5, 0.6) is 5.75 Å². The number of carbonyl (C=O) groups excluding carboxylic acids is 2. The number of hydrogen-bond acceptors (Lipinski definition) is 4. The molecule has 1 aromatic rings. The van der Waals surface area contributed by atoms with Crippen LogP contribution in [0.2, 0.25) is 0 Å². The number of hydrogen-bond donors (Lipinski definition) is 3. The lowest BCUT2D eigenvalue weighted by molar-refractivity contribution is -0.126. The Morgan fingerprint density at radius 3 is 2.50 bits per heavy atom. The van der Waals surface area contributed by atoms with E-state index in [-0.39, 0.29) is 6.04 Å². The molecule has 0 bridgehead atoms. The van der Waals surface area contributed by atoms with Crippen molar-refractivity contribution in [3.63, 3.8) is 0 Å². The lowest BCUT2D eigenvalue weighted by atomic mass is 10.1. The summed E-state index contributed by atoms with van der Waals surface area (Å²) in [6.45, 7) is 5.37. The van der Waals surface area contributed by atoms with Crippen molar-refractivity contribution in [1.29, 1.82) is 0 Å². The van der Waals surface area contributed by atoms with Crippen LogP contribution in [0.3, 0.4) is 0 Å². The van der Waals surface area contributed by atoms with Gasteiger partial charge < -0.3 is 15.8 Å². The van der Waals surface area contributed by atoms with E-state index < -0.39 is 18.0 Å². The van der Waals surface area contributed by atoms with Crippen molar-refractivity contribution >= 4 is 11.9 Å². The maximum Gasteiger partial charge on any atom is 0.321 e. The predicted octanol–water partition coefficient (Wildman–Crippen LogP) is 1.24. The van der Waals surface area contributed by atoms with Crippen LogP contribution in [0.1, 0.15) is 31.0 Å². The Morgan fingerprint density at radius 1 is 1.30 bits per heavy atom. The van der Waals surface area contributed by atoms with E-state index in [1.54, 1.807) is 13.0 Å². The number of amides is 3. The largest absolute Gasteiger partial charge is 0.481 e. The van der Waals surface area contributed by atoms with E-state index in [9.17, 15) is 9.59 Å². The molecule has 0 spiro atoms. The van der Waals surface area contributed by atoms with Crippen LogP contribution in [-0.4, -0.2) is 25.1 Å². The number of imide groups is 1. The van der Waals surface area contributed by atoms with Crippen LogP contribution < -0.4 is 21.1 Å². The molecular formula is C14H21N3O3. The summed E-state index contributed by atoms with van der Waals surface area (Å²) in [5.41, 5.74) is 7.78. The van der Waals surface area contributed by atoms with Gasteiger partial charge in [-0.2, -0.15) is 0 Å². The van der Waals surface area contributed by atoms with Gasteiger partial charge in [0, 0.05) is 18.7 Å². The molecule has 3 amide bonds. The molecule has 1 unspecified atom stereocenters. The fraction of sp³-hybridized carbons (Fsp3) is 0.429. The van der Waals surface area contributed by atoms with E-state index in [4.69, 9.17) is 10.5 Å². The summed E-state index contributed by atoms with van der Waals surface area (Å²) in [7, 11) is 1.43. The summed E-state index contributed by atoms with van der Waals surface area (Å²) in [5.74, 6) is 0.0331. The zero-order chi connectivity index (χ0) is 15.3. The molecule has 1 aromatic carbocycles. The van der Waals surface area contributed by atoms with Gasteiger partial charge in [-0.05, 0) is 26.8 Å². The minimum atomic E-state index is -0.799. The third kappa shape index (κ3) is 4.24. The van der Waals surface area contributed by atoms with Gasteiger partial charge in [0.05, 0.1) is 0 Å². The first-order chi connectivity index (χ1) is 9.35. The highest BCUT2D eigenvalue weighted by atomic mass is 16.5. The first-order valence-electron chi connectivity index (χ1n) is 6.40. The first-order valence-corrected chi connectivity index (χ1v) is 6.40. The number of ether oxygens (including phenoxy) is 1. The Bertz CT molecular complexity index is 500. The zero-order valence-corrected chi connectivity index (χ0v) is 12.2. The molecule has 6 nitrogen and oxygen atoms in total. The van der Waals surface area contributed by atoms with Crippen molar-refractivity contribution in [3.05, 3.63) is 29.3 Å². The van der Waals surface area contributed by atoms with E-state index in [0.717, 1.165) is 11.1 Å². The second-order valence-electron chi connectivity index (χ2n) is 4.66. The summed E-state index contributed by atoms with van der Waals surface area (Å²) < 4.78 is 5.60. The van der Waals surface area contributed by atoms with E-state index in [1.165, 1.54) is 7.05 Å². The lowest BCUT2D eigenvalue weighted by Crippen LogP contribution is -2.44. The SMILES string of the molecule is CNC(=O)NC(=O)C(C)Oc1ccc(C)cc1[C@@H](C)N. The number of rotatable bonds is 4. The fourth-order valence-electron chi connectivity index (χ4n) is 1.65. The minimum Gasteiger partial charge on any atom is -0.481 e. The quantitative estimate of drug-likeness (QED) is 0.773. The van der Waals surface area contributed by atoms with Gasteiger partial charge in [-0.3, -0.25) is 10.1 Å². The van der Waals surface area contributed by atoms with Crippen LogP contribution in [0.4, 0.5) is 4.79 Å². The average Bonchev–Trinajstić information content (AvgIpc) is 2.40. The van der Waals surface area contributed by atoms with E-state index in [1.807, 2.05) is 26.0 Å². The van der Waals surface area contributed by atoms with Gasteiger partial charge >= 0.3 is 6.03 Å². The summed E-state index contributed by atoms with van der Waals surface area (Å²) in [5, 5.41) is 4.47. The Labute approximate surface area is 118 Å². The summed E-state index contributed by atoms with van der Waals surface area (Å²) in [4.78, 5) is 22.8. The van der Waals surface area contributed by atoms with E-state index in [0.29, 0.717) is 5.75 Å². The first kappa shape index (κ1) is 16.0. The van der Waals surface area contributed by atoms with Gasteiger partial charge in [0.2, 0.25) is 0 Å². The van der Waals surface area contributed by atoms with Crippen molar-refractivity contribution in [1.82, 2.24) is 10.6 Å². The van der Waals surface area contributed by atoms with Crippen molar-refractivity contribution < 1.29 is 14.3 Å². The molecule has 0 aliphatic rings. The maximum atomic E-state index is 11.7. The molecule has 0 radical (unpaired) electrons. The molecule has 0 aliphatic heterocycles. The molecule has 110 valence electrons. The molecule has 0 aromatic heterocycles. The molecule has 0 aliphatic carbocycles. The number of urea groups is 1. The van der Waals surface area contributed by atoms with Crippen molar-refractivity contribution in [3.8, 4) is 5.75 Å². The topological polar surface area (TPSA) is 93.5 Å². The second kappa shape index (κ2) is 6.91. The van der Waals surface area contributed by atoms with Crippen molar-refractivity contribution in [2.75, 3.05) is 7.05 Å². The second-order valence-corrected chi connectivity index (χ2v) is 4.66. The third-order valence-electron chi connectivity index (χ3n) is 2.79. The van der Waals surface area contributed by atoms with Gasteiger partial charge in [-0.1, -0.05) is 17.7 Å². The Kier molecular flexibility index (Phi) is 5.52. The molecule has 0 saturated carbocycles. The number of nitrogens with one attached hydrogen (secondary N) is 2. The fourth-order valence-corrected chi connectivity index (χ4v) is 1.65. The molecule has 1 rings (SSSR count). The van der Waals surface area contributed by atoms with Gasteiger partial charge in [0.15, 0.2) is 6.10 Å². The average molecular weight is 279 g/mol. The molecule has 6 heteroatoms. The van der Waals surface area contributed by atoms with E-state index >= 15 is 0 Å². The van der Waals surface area contributed by atoms with E-state index in [2.05, 4.69) is 10.6 Å². The highest BCUT2D eigenvalue weighted by Crippen LogP contribution is 2.25. The third-order valence-corrected chi connectivity index (χ3v) is 2.79. The highest BCUT2D eigenvalue weighted by Gasteiger charge is 2.19. The lowest BCUT2D eigenvalue weighted by Gasteiger charge is -2.18. The summed E-state index contributed by atoms with van der Waals surface area (Å²) in [6.07, 6.45) is -0.799. The standard InChI is InChI=1S/C14H21N3O3/c1-8-5-6-12(11(7-8)9(2)15)20-10(3)13(18)17-14(19)16-4/h5-7,9-10H,15H2,1-4H3,(H2,16,17,18,19)/t9-,10?/m1/s1. The van der Waals surface area contributed by atoms with Gasteiger partial charge in [-0.25, -0.2) is 4.79 Å². The molecule has 4 N–H and O–H groups in total. The molecule has 0 heterocycles.